The zero-order valence-corrected chi connectivity index (χ0v) is 18.9. The number of hydrogen-bond acceptors (Lipinski definition) is 7. The molecule has 30 heavy (non-hydrogen) atoms. The first-order valence-corrected chi connectivity index (χ1v) is 12.2. The van der Waals surface area contributed by atoms with Gasteiger partial charge in [0.05, 0.1) is 6.61 Å². The minimum atomic E-state index is -1.31. The molecule has 9 heteroatoms. The fourth-order valence-corrected chi connectivity index (χ4v) is 5.94. The normalized spacial score (nSPS) is 22.9. The van der Waals surface area contributed by atoms with Gasteiger partial charge in [-0.25, -0.2) is 4.79 Å². The third-order valence-electron chi connectivity index (χ3n) is 4.48. The van der Waals surface area contributed by atoms with Gasteiger partial charge in [0.25, 0.3) is 0 Å². The first-order valence-electron chi connectivity index (χ1n) is 9.34. The molecule has 0 bridgehead atoms. The Kier molecular flexibility index (Phi) is 8.00. The molecule has 4 atom stereocenters. The van der Waals surface area contributed by atoms with Crippen LogP contribution in [0.2, 0.25) is 0 Å². The third-order valence-corrected chi connectivity index (χ3v) is 8.03. The number of hydrogen-bond donors (Lipinski definition) is 4. The average Bonchev–Trinajstić information content (AvgIpc) is 3.04. The Balaban J connectivity index is 0.000000177. The van der Waals surface area contributed by atoms with E-state index in [9.17, 15) is 15.0 Å². The number of nitrogen functional groups attached to an aromatic ring is 1. The van der Waals surface area contributed by atoms with Crippen LogP contribution in [-0.4, -0.2) is 70.9 Å². The van der Waals surface area contributed by atoms with Crippen LogP contribution in [0.3, 0.4) is 0 Å². The van der Waals surface area contributed by atoms with Gasteiger partial charge in [-0.1, -0.05) is 0 Å². The first-order chi connectivity index (χ1) is 14.5. The molecule has 0 saturated carbocycles. The van der Waals surface area contributed by atoms with Crippen molar-refractivity contribution in [2.45, 2.75) is 24.5 Å². The van der Waals surface area contributed by atoms with Gasteiger partial charge in [-0.2, -0.15) is 4.98 Å². The van der Waals surface area contributed by atoms with Crippen molar-refractivity contribution in [3.8, 4) is 0 Å². The molecule has 2 heterocycles. The SMILES string of the molecule is Nc1ccn([C@@H]2O[C@H](CO)[C@H](O)[C@@H]2O)c(=O)n1.c1cc[c]([Sn][c]2ccccc2)cc1. The van der Waals surface area contributed by atoms with Gasteiger partial charge in [-0.3, -0.25) is 4.57 Å². The van der Waals surface area contributed by atoms with E-state index in [0.717, 1.165) is 4.57 Å². The van der Waals surface area contributed by atoms with Gasteiger partial charge in [-0.15, -0.1) is 0 Å². The van der Waals surface area contributed by atoms with Gasteiger partial charge in [-0.05, 0) is 6.07 Å². The van der Waals surface area contributed by atoms with Crippen molar-refractivity contribution in [3.63, 3.8) is 0 Å². The Bertz CT molecular complexity index is 949. The van der Waals surface area contributed by atoms with E-state index in [-0.39, 0.29) is 5.82 Å². The predicted molar refractivity (Wildman–Crippen MR) is 114 cm³/mol. The standard InChI is InChI=1S/C9H13N3O5.2C6H5.Sn/c10-5-1-2-12(9(16)11-5)8-7(15)6(14)4(3-13)17-8;2*1-2-4-6-5-3-1;/h1-2,4,6-8,13-15H,3H2,(H2,10,11,16);2*1-5H;/t4-,6+,7+,8-;;;/m1.../s1. The Morgan fingerprint density at radius 2 is 1.53 bits per heavy atom. The Hall–Kier alpha value is -2.24. The van der Waals surface area contributed by atoms with Gasteiger partial charge < -0.3 is 25.8 Å². The molecule has 0 amide bonds. The van der Waals surface area contributed by atoms with Crippen LogP contribution in [-0.2, 0) is 4.74 Å². The summed E-state index contributed by atoms with van der Waals surface area (Å²) in [5.41, 5.74) is 4.63. The summed E-state index contributed by atoms with van der Waals surface area (Å²) in [6.07, 6.45) is -3.27. The maximum atomic E-state index is 11.5. The van der Waals surface area contributed by atoms with Crippen LogP contribution in [0.4, 0.5) is 5.82 Å². The van der Waals surface area contributed by atoms with Crippen LogP contribution < -0.4 is 18.6 Å². The number of aromatic nitrogens is 2. The molecule has 3 aromatic rings. The van der Waals surface area contributed by atoms with E-state index in [1.54, 1.807) is 0 Å². The molecular formula is C21H23N3O5Sn. The van der Waals surface area contributed by atoms with Crippen LogP contribution in [0, 0.1) is 0 Å². The number of benzene rings is 2. The number of nitrogens with two attached hydrogens (primary N) is 1. The fraction of sp³-hybridized carbons (Fsp3) is 0.238. The van der Waals surface area contributed by atoms with Crippen LogP contribution in [0.5, 0.6) is 0 Å². The fourth-order valence-electron chi connectivity index (χ4n) is 2.94. The van der Waals surface area contributed by atoms with Gasteiger partial charge in [0.15, 0.2) is 6.23 Å². The predicted octanol–water partition coefficient (Wildman–Crippen LogP) is -1.22. The summed E-state index contributed by atoms with van der Waals surface area (Å²) in [5, 5.41) is 28.2. The van der Waals surface area contributed by atoms with E-state index in [1.807, 2.05) is 0 Å². The first kappa shape index (κ1) is 22.4. The number of aliphatic hydroxyl groups excluding tert-OH is 3. The van der Waals surface area contributed by atoms with Crippen molar-refractivity contribution < 1.29 is 20.1 Å². The number of rotatable bonds is 4. The molecule has 0 aliphatic carbocycles. The molecule has 1 aliphatic heterocycles. The van der Waals surface area contributed by atoms with Crippen molar-refractivity contribution in [2.75, 3.05) is 12.3 Å². The van der Waals surface area contributed by atoms with E-state index in [1.165, 1.54) is 19.4 Å². The molecular weight excluding hydrogens is 493 g/mol. The average molecular weight is 516 g/mol. The van der Waals surface area contributed by atoms with E-state index in [2.05, 4.69) is 65.6 Å². The summed E-state index contributed by atoms with van der Waals surface area (Å²) in [6, 6.07) is 23.0. The van der Waals surface area contributed by atoms with Crippen LogP contribution in [0.25, 0.3) is 0 Å². The molecule has 0 unspecified atom stereocenters. The van der Waals surface area contributed by atoms with E-state index in [0.29, 0.717) is 0 Å². The molecule has 156 valence electrons. The molecule has 0 spiro atoms. The molecule has 2 aromatic carbocycles. The van der Waals surface area contributed by atoms with Crippen molar-refractivity contribution in [3.05, 3.63) is 83.4 Å². The minimum absolute atomic E-state index is 0.0537. The second-order valence-corrected chi connectivity index (χ2v) is 10.6. The van der Waals surface area contributed by atoms with Gasteiger partial charge in [0, 0.05) is 6.20 Å². The van der Waals surface area contributed by atoms with Crippen LogP contribution in [0.1, 0.15) is 6.23 Å². The quantitative estimate of drug-likeness (QED) is 0.320. The van der Waals surface area contributed by atoms with Crippen molar-refractivity contribution in [2.24, 2.45) is 0 Å². The number of aliphatic hydroxyl groups is 3. The molecule has 1 saturated heterocycles. The monoisotopic (exact) mass is 517 g/mol. The summed E-state index contributed by atoms with van der Waals surface area (Å²) < 4.78 is 9.27. The molecule has 5 N–H and O–H groups in total. The van der Waals surface area contributed by atoms with Crippen molar-refractivity contribution in [1.29, 1.82) is 0 Å². The topological polar surface area (TPSA) is 131 Å². The summed E-state index contributed by atoms with van der Waals surface area (Å²) in [6.45, 7) is -0.453. The van der Waals surface area contributed by atoms with Crippen LogP contribution in [0.15, 0.2) is 77.7 Å². The summed E-state index contributed by atoms with van der Waals surface area (Å²) in [5.74, 6) is 0.0537. The summed E-state index contributed by atoms with van der Waals surface area (Å²) in [7, 11) is 0. The molecule has 1 fully saturated rings. The Morgan fingerprint density at radius 3 is 2.00 bits per heavy atom. The van der Waals surface area contributed by atoms with Gasteiger partial charge >= 0.3 is 94.7 Å². The summed E-state index contributed by atoms with van der Waals surface area (Å²) in [4.78, 5) is 15.0. The number of nitrogens with zero attached hydrogens (tertiary/aromatic N) is 2. The second-order valence-electron chi connectivity index (χ2n) is 6.63. The van der Waals surface area contributed by atoms with E-state index in [4.69, 9.17) is 15.6 Å². The van der Waals surface area contributed by atoms with Crippen molar-refractivity contribution in [1.82, 2.24) is 9.55 Å². The zero-order chi connectivity index (χ0) is 21.5. The Morgan fingerprint density at radius 1 is 0.967 bits per heavy atom. The molecule has 4 rings (SSSR count). The van der Waals surface area contributed by atoms with Gasteiger partial charge in [0.1, 0.15) is 24.1 Å². The third kappa shape index (κ3) is 5.67. The Labute approximate surface area is 183 Å². The maximum absolute atomic E-state index is 11.5. The second kappa shape index (κ2) is 10.7. The molecule has 2 radical (unpaired) electrons. The van der Waals surface area contributed by atoms with Crippen LogP contribution >= 0.6 is 0 Å². The molecule has 1 aliphatic rings. The molecule has 1 aromatic heterocycles. The van der Waals surface area contributed by atoms with Gasteiger partial charge in [0.2, 0.25) is 0 Å². The summed E-state index contributed by atoms with van der Waals surface area (Å²) >= 11 is -0.517. The van der Waals surface area contributed by atoms with E-state index >= 15 is 0 Å². The molecule has 8 nitrogen and oxygen atoms in total. The van der Waals surface area contributed by atoms with E-state index < -0.39 is 58.0 Å². The number of anilines is 1. The zero-order valence-electron chi connectivity index (χ0n) is 16.1. The van der Waals surface area contributed by atoms with Crippen molar-refractivity contribution >= 4 is 34.1 Å². The number of ether oxygens (including phenoxy) is 1.